The van der Waals surface area contributed by atoms with Crippen LogP contribution in [0, 0.1) is 0 Å². The van der Waals surface area contributed by atoms with Crippen LogP contribution in [-0.2, 0) is 14.8 Å². The molecule has 2 aromatic heterocycles. The van der Waals surface area contributed by atoms with Crippen LogP contribution in [0.5, 0.6) is 0 Å². The molecular formula is C17H23N3O4S2. The molecule has 7 nitrogen and oxygen atoms in total. The minimum absolute atomic E-state index is 0.302. The van der Waals surface area contributed by atoms with Gasteiger partial charge >= 0.3 is 0 Å². The van der Waals surface area contributed by atoms with Crippen LogP contribution >= 0.6 is 11.3 Å². The Kier molecular flexibility index (Phi) is 5.42. The number of hydrogen-bond donors (Lipinski definition) is 1. The Morgan fingerprint density at radius 2 is 2.08 bits per heavy atom. The van der Waals surface area contributed by atoms with Crippen molar-refractivity contribution in [2.75, 3.05) is 39.4 Å². The van der Waals surface area contributed by atoms with Gasteiger partial charge < -0.3 is 9.15 Å². The van der Waals surface area contributed by atoms with Crippen molar-refractivity contribution in [1.29, 1.82) is 0 Å². The molecular weight excluding hydrogens is 374 g/mol. The molecule has 0 spiro atoms. The molecule has 1 N–H and O–H groups in total. The van der Waals surface area contributed by atoms with Gasteiger partial charge in [0.1, 0.15) is 4.21 Å². The molecule has 1 saturated carbocycles. The third kappa shape index (κ3) is 4.01. The first-order valence-corrected chi connectivity index (χ1v) is 11.3. The van der Waals surface area contributed by atoms with E-state index in [2.05, 4.69) is 14.6 Å². The van der Waals surface area contributed by atoms with Gasteiger partial charge in [0.2, 0.25) is 10.0 Å². The standard InChI is InChI=1S/C17H23N3O4S2/c21-26(22,19-6-7-20-8-10-23-11-9-20)16-5-4-15(25-16)14-12-18-17(24-14)13-2-1-3-13/h4-5,12-13,19H,1-3,6-11H2. The van der Waals surface area contributed by atoms with Crippen LogP contribution in [0.4, 0.5) is 0 Å². The van der Waals surface area contributed by atoms with Crippen molar-refractivity contribution >= 4 is 21.4 Å². The summed E-state index contributed by atoms with van der Waals surface area (Å²) in [6, 6.07) is 3.41. The van der Waals surface area contributed by atoms with Crippen molar-refractivity contribution in [3.05, 3.63) is 24.2 Å². The summed E-state index contributed by atoms with van der Waals surface area (Å²) in [4.78, 5) is 7.33. The maximum atomic E-state index is 12.5. The lowest BCUT2D eigenvalue weighted by Crippen LogP contribution is -2.41. The fraction of sp³-hybridized carbons (Fsp3) is 0.588. The second kappa shape index (κ2) is 7.77. The zero-order valence-electron chi connectivity index (χ0n) is 14.5. The summed E-state index contributed by atoms with van der Waals surface area (Å²) < 4.78 is 39.1. The summed E-state index contributed by atoms with van der Waals surface area (Å²) in [5.41, 5.74) is 0. The molecule has 9 heteroatoms. The van der Waals surface area contributed by atoms with E-state index >= 15 is 0 Å². The molecule has 26 heavy (non-hydrogen) atoms. The van der Waals surface area contributed by atoms with E-state index in [0.717, 1.165) is 36.7 Å². The molecule has 4 rings (SSSR count). The molecule has 0 atom stereocenters. The number of hydrogen-bond acceptors (Lipinski definition) is 7. The maximum Gasteiger partial charge on any atom is 0.250 e. The Hall–Kier alpha value is -1.26. The summed E-state index contributed by atoms with van der Waals surface area (Å²) >= 11 is 1.21. The first-order chi connectivity index (χ1) is 12.6. The Balaban J connectivity index is 1.37. The lowest BCUT2D eigenvalue weighted by Gasteiger charge is -2.26. The molecule has 0 amide bonds. The predicted octanol–water partition coefficient (Wildman–Crippen LogP) is 2.28. The van der Waals surface area contributed by atoms with Crippen molar-refractivity contribution in [1.82, 2.24) is 14.6 Å². The number of thiophene rings is 1. The second-order valence-electron chi connectivity index (χ2n) is 6.66. The largest absolute Gasteiger partial charge is 0.440 e. The van der Waals surface area contributed by atoms with Crippen molar-refractivity contribution in [3.63, 3.8) is 0 Å². The number of nitrogens with zero attached hydrogens (tertiary/aromatic N) is 2. The maximum absolute atomic E-state index is 12.5. The molecule has 142 valence electrons. The van der Waals surface area contributed by atoms with Gasteiger partial charge in [-0.05, 0) is 25.0 Å². The zero-order chi connectivity index (χ0) is 18.0. The summed E-state index contributed by atoms with van der Waals surface area (Å²) in [7, 11) is -3.50. The van der Waals surface area contributed by atoms with Crippen LogP contribution in [0.1, 0.15) is 31.1 Å². The Labute approximate surface area is 157 Å². The highest BCUT2D eigenvalue weighted by Crippen LogP contribution is 2.38. The van der Waals surface area contributed by atoms with Crippen molar-refractivity contribution in [2.24, 2.45) is 0 Å². The third-order valence-electron chi connectivity index (χ3n) is 4.89. The second-order valence-corrected chi connectivity index (χ2v) is 9.74. The van der Waals surface area contributed by atoms with Crippen LogP contribution in [0.25, 0.3) is 10.6 Å². The van der Waals surface area contributed by atoms with Gasteiger partial charge in [-0.1, -0.05) is 6.42 Å². The lowest BCUT2D eigenvalue weighted by atomic mass is 9.85. The van der Waals surface area contributed by atoms with E-state index < -0.39 is 10.0 Å². The topological polar surface area (TPSA) is 84.7 Å². The Bertz CT molecular complexity index is 836. The van der Waals surface area contributed by atoms with Gasteiger partial charge in [0.15, 0.2) is 11.7 Å². The van der Waals surface area contributed by atoms with Gasteiger partial charge in [-0.15, -0.1) is 11.3 Å². The van der Waals surface area contributed by atoms with Crippen molar-refractivity contribution < 1.29 is 17.6 Å². The van der Waals surface area contributed by atoms with E-state index in [4.69, 9.17) is 9.15 Å². The number of sulfonamides is 1. The van der Waals surface area contributed by atoms with E-state index in [1.165, 1.54) is 17.8 Å². The van der Waals surface area contributed by atoms with Gasteiger partial charge in [-0.3, -0.25) is 4.90 Å². The highest BCUT2D eigenvalue weighted by atomic mass is 32.2. The Morgan fingerprint density at radius 1 is 1.27 bits per heavy atom. The van der Waals surface area contributed by atoms with Crippen LogP contribution in [0.3, 0.4) is 0 Å². The predicted molar refractivity (Wildman–Crippen MR) is 98.9 cm³/mol. The lowest BCUT2D eigenvalue weighted by molar-refractivity contribution is 0.0390. The van der Waals surface area contributed by atoms with Gasteiger partial charge in [0.05, 0.1) is 24.3 Å². The van der Waals surface area contributed by atoms with Gasteiger partial charge in [0.25, 0.3) is 0 Å². The van der Waals surface area contributed by atoms with E-state index in [1.807, 2.05) is 0 Å². The van der Waals surface area contributed by atoms with E-state index in [-0.39, 0.29) is 0 Å². The number of nitrogens with one attached hydrogen (secondary N) is 1. The summed E-state index contributed by atoms with van der Waals surface area (Å²) in [6.45, 7) is 4.19. The first-order valence-electron chi connectivity index (χ1n) is 8.97. The monoisotopic (exact) mass is 397 g/mol. The summed E-state index contributed by atoms with van der Waals surface area (Å²) in [6.07, 6.45) is 5.16. The average Bonchev–Trinajstić information content (AvgIpc) is 3.23. The van der Waals surface area contributed by atoms with Crippen LogP contribution < -0.4 is 4.72 Å². The quantitative estimate of drug-likeness (QED) is 0.772. The van der Waals surface area contributed by atoms with Crippen LogP contribution in [0.15, 0.2) is 27.0 Å². The Morgan fingerprint density at radius 3 is 2.81 bits per heavy atom. The number of aromatic nitrogens is 1. The molecule has 1 aliphatic carbocycles. The zero-order valence-corrected chi connectivity index (χ0v) is 16.2. The molecule has 0 bridgehead atoms. The molecule has 0 radical (unpaired) electrons. The minimum Gasteiger partial charge on any atom is -0.440 e. The average molecular weight is 398 g/mol. The van der Waals surface area contributed by atoms with E-state index in [9.17, 15) is 8.42 Å². The molecule has 2 fully saturated rings. The van der Waals surface area contributed by atoms with Gasteiger partial charge in [-0.2, -0.15) is 0 Å². The molecule has 3 heterocycles. The summed E-state index contributed by atoms with van der Waals surface area (Å²) in [5.74, 6) is 1.84. The number of rotatable bonds is 7. The number of ether oxygens (including phenoxy) is 1. The molecule has 2 aromatic rings. The first kappa shape index (κ1) is 18.1. The SMILES string of the molecule is O=S(=O)(NCCN1CCOCC1)c1ccc(-c2cnc(C3CCC3)o2)s1. The molecule has 2 aliphatic rings. The van der Waals surface area contributed by atoms with Gasteiger partial charge in [-0.25, -0.2) is 18.1 Å². The molecule has 0 unspecified atom stereocenters. The number of oxazole rings is 1. The molecule has 1 saturated heterocycles. The minimum atomic E-state index is -3.50. The fourth-order valence-electron chi connectivity index (χ4n) is 3.08. The highest BCUT2D eigenvalue weighted by molar-refractivity contribution is 7.91. The normalized spacial score (nSPS) is 19.5. The van der Waals surface area contributed by atoms with E-state index in [1.54, 1.807) is 18.3 Å². The third-order valence-corrected chi connectivity index (χ3v) is 7.94. The van der Waals surface area contributed by atoms with Gasteiger partial charge in [0, 0.05) is 32.1 Å². The van der Waals surface area contributed by atoms with Crippen molar-refractivity contribution in [2.45, 2.75) is 29.4 Å². The van der Waals surface area contributed by atoms with Crippen LogP contribution in [-0.4, -0.2) is 57.7 Å². The molecule has 1 aliphatic heterocycles. The highest BCUT2D eigenvalue weighted by Gasteiger charge is 2.25. The number of morpholine rings is 1. The summed E-state index contributed by atoms with van der Waals surface area (Å²) in [5, 5.41) is 0. The van der Waals surface area contributed by atoms with Crippen molar-refractivity contribution in [3.8, 4) is 10.6 Å². The van der Waals surface area contributed by atoms with E-state index in [0.29, 0.717) is 42.2 Å². The fourth-order valence-corrected chi connectivity index (χ4v) is 5.39. The molecule has 0 aromatic carbocycles. The van der Waals surface area contributed by atoms with Crippen LogP contribution in [0.2, 0.25) is 0 Å². The smallest absolute Gasteiger partial charge is 0.250 e.